The van der Waals surface area contributed by atoms with E-state index in [1.165, 1.54) is 16.9 Å². The van der Waals surface area contributed by atoms with Gasteiger partial charge in [-0.2, -0.15) is 0 Å². The van der Waals surface area contributed by atoms with Gasteiger partial charge in [0.15, 0.2) is 5.78 Å². The summed E-state index contributed by atoms with van der Waals surface area (Å²) in [7, 11) is 2.08. The molecule has 0 bridgehead atoms. The zero-order chi connectivity index (χ0) is 15.2. The molecule has 1 heterocycles. The molecule has 0 aliphatic heterocycles. The Kier molecular flexibility index (Phi) is 5.97. The van der Waals surface area contributed by atoms with E-state index in [4.69, 9.17) is 11.6 Å². The molecule has 4 heteroatoms. The number of halogens is 1. The second-order valence-corrected chi connectivity index (χ2v) is 6.60. The number of ketones is 1. The largest absolute Gasteiger partial charge is 0.300 e. The number of hydrogen-bond acceptors (Lipinski definition) is 3. The maximum atomic E-state index is 11.9. The molecule has 2 nitrogen and oxygen atoms in total. The molecular weight excluding hydrogens is 302 g/mol. The summed E-state index contributed by atoms with van der Waals surface area (Å²) in [4.78, 5) is 15.1. The molecule has 112 valence electrons. The highest BCUT2D eigenvalue weighted by Gasteiger charge is 2.13. The predicted octanol–water partition coefficient (Wildman–Crippen LogP) is 5.06. The number of hydrogen-bond donors (Lipinski definition) is 0. The summed E-state index contributed by atoms with van der Waals surface area (Å²) in [5.41, 5.74) is 1.20. The molecule has 0 spiro atoms. The summed E-state index contributed by atoms with van der Waals surface area (Å²) in [6.45, 7) is 3.05. The van der Waals surface area contributed by atoms with Crippen molar-refractivity contribution < 1.29 is 4.79 Å². The first-order chi connectivity index (χ1) is 10.1. The van der Waals surface area contributed by atoms with E-state index < -0.39 is 0 Å². The van der Waals surface area contributed by atoms with E-state index in [-0.39, 0.29) is 5.78 Å². The molecular formula is C17H20ClNOS. The molecule has 21 heavy (non-hydrogen) atoms. The Labute approximate surface area is 135 Å². The van der Waals surface area contributed by atoms with E-state index >= 15 is 0 Å². The SMILES string of the molecule is CC(c1cccc(Cl)c1)N(C)CCCC(=O)c1cccs1. The monoisotopic (exact) mass is 321 g/mol. The number of rotatable bonds is 7. The number of carbonyl (C=O) groups excluding carboxylic acids is 1. The number of nitrogens with zero attached hydrogens (tertiary/aromatic N) is 1. The van der Waals surface area contributed by atoms with Crippen molar-refractivity contribution in [3.05, 3.63) is 57.2 Å². The fraction of sp³-hybridized carbons (Fsp3) is 0.353. The van der Waals surface area contributed by atoms with Crippen molar-refractivity contribution in [1.82, 2.24) is 4.90 Å². The maximum Gasteiger partial charge on any atom is 0.172 e. The van der Waals surface area contributed by atoms with Gasteiger partial charge in [-0.15, -0.1) is 11.3 Å². The van der Waals surface area contributed by atoms with Crippen molar-refractivity contribution in [3.63, 3.8) is 0 Å². The number of Topliss-reactive ketones (excluding diaryl/α,β-unsaturated/α-hetero) is 1. The van der Waals surface area contributed by atoms with Crippen LogP contribution in [0.1, 0.15) is 41.0 Å². The van der Waals surface area contributed by atoms with E-state index in [0.29, 0.717) is 12.5 Å². The Morgan fingerprint density at radius 2 is 2.14 bits per heavy atom. The maximum absolute atomic E-state index is 11.9. The van der Waals surface area contributed by atoms with Gasteiger partial charge in [0.25, 0.3) is 0 Å². The fourth-order valence-corrected chi connectivity index (χ4v) is 3.16. The number of thiophene rings is 1. The molecule has 0 aliphatic rings. The van der Waals surface area contributed by atoms with Crippen LogP contribution in [0.3, 0.4) is 0 Å². The van der Waals surface area contributed by atoms with Gasteiger partial charge in [-0.3, -0.25) is 9.69 Å². The summed E-state index contributed by atoms with van der Waals surface area (Å²) in [6.07, 6.45) is 1.48. The van der Waals surface area contributed by atoms with Gasteiger partial charge in [-0.25, -0.2) is 0 Å². The smallest absolute Gasteiger partial charge is 0.172 e. The Bertz CT molecular complexity index is 582. The lowest BCUT2D eigenvalue weighted by atomic mass is 10.1. The summed E-state index contributed by atoms with van der Waals surface area (Å²) < 4.78 is 0. The van der Waals surface area contributed by atoms with Crippen molar-refractivity contribution in [3.8, 4) is 0 Å². The van der Waals surface area contributed by atoms with Crippen LogP contribution in [0.5, 0.6) is 0 Å². The lowest BCUT2D eigenvalue weighted by Gasteiger charge is -2.25. The molecule has 0 fully saturated rings. The van der Waals surface area contributed by atoms with Gasteiger partial charge in [-0.1, -0.05) is 29.8 Å². The molecule has 2 aromatic rings. The second kappa shape index (κ2) is 7.74. The van der Waals surface area contributed by atoms with E-state index in [1.54, 1.807) is 0 Å². The van der Waals surface area contributed by atoms with Gasteiger partial charge in [0.05, 0.1) is 4.88 Å². The van der Waals surface area contributed by atoms with Crippen LogP contribution < -0.4 is 0 Å². The Balaban J connectivity index is 1.81. The van der Waals surface area contributed by atoms with Crippen LogP contribution in [0.2, 0.25) is 5.02 Å². The first-order valence-electron chi connectivity index (χ1n) is 7.10. The molecule has 1 unspecified atom stereocenters. The minimum absolute atomic E-state index is 0.244. The minimum atomic E-state index is 0.244. The highest BCUT2D eigenvalue weighted by Crippen LogP contribution is 2.22. The number of carbonyl (C=O) groups is 1. The minimum Gasteiger partial charge on any atom is -0.300 e. The summed E-state index contributed by atoms with van der Waals surface area (Å²) >= 11 is 7.55. The molecule has 0 amide bonds. The van der Waals surface area contributed by atoms with Crippen LogP contribution in [-0.2, 0) is 0 Å². The average molecular weight is 322 g/mol. The molecule has 0 N–H and O–H groups in total. The van der Waals surface area contributed by atoms with E-state index in [9.17, 15) is 4.79 Å². The van der Waals surface area contributed by atoms with Gasteiger partial charge in [0, 0.05) is 17.5 Å². The normalized spacial score (nSPS) is 12.6. The lowest BCUT2D eigenvalue weighted by Crippen LogP contribution is -2.24. The third-order valence-electron chi connectivity index (χ3n) is 3.70. The molecule has 0 saturated carbocycles. The molecule has 1 aromatic heterocycles. The molecule has 0 radical (unpaired) electrons. The molecule has 1 aromatic carbocycles. The third-order valence-corrected chi connectivity index (χ3v) is 4.85. The summed E-state index contributed by atoms with van der Waals surface area (Å²) in [5.74, 6) is 0.244. The zero-order valence-electron chi connectivity index (χ0n) is 12.4. The fourth-order valence-electron chi connectivity index (χ4n) is 2.26. The lowest BCUT2D eigenvalue weighted by molar-refractivity contribution is 0.0978. The van der Waals surface area contributed by atoms with Crippen LogP contribution >= 0.6 is 22.9 Å². The standard InChI is InChI=1S/C17H20ClNOS/c1-13(14-6-3-7-15(18)12-14)19(2)10-4-8-16(20)17-9-5-11-21-17/h3,5-7,9,11-13H,4,8,10H2,1-2H3. The topological polar surface area (TPSA) is 20.3 Å². The first-order valence-corrected chi connectivity index (χ1v) is 8.36. The van der Waals surface area contributed by atoms with Crippen LogP contribution in [-0.4, -0.2) is 24.3 Å². The second-order valence-electron chi connectivity index (χ2n) is 5.22. The Morgan fingerprint density at radius 1 is 1.33 bits per heavy atom. The van der Waals surface area contributed by atoms with E-state index in [2.05, 4.69) is 24.9 Å². The van der Waals surface area contributed by atoms with Crippen molar-refractivity contribution in [2.45, 2.75) is 25.8 Å². The van der Waals surface area contributed by atoms with Gasteiger partial charge in [-0.05, 0) is 56.1 Å². The molecule has 0 aliphatic carbocycles. The van der Waals surface area contributed by atoms with Crippen LogP contribution in [0, 0.1) is 0 Å². The zero-order valence-corrected chi connectivity index (χ0v) is 14.0. The van der Waals surface area contributed by atoms with Crippen molar-refractivity contribution in [1.29, 1.82) is 0 Å². The van der Waals surface area contributed by atoms with E-state index in [0.717, 1.165) is 22.9 Å². The van der Waals surface area contributed by atoms with Gasteiger partial charge < -0.3 is 0 Å². The summed E-state index contributed by atoms with van der Waals surface area (Å²) in [6, 6.07) is 12.1. The van der Waals surface area contributed by atoms with Gasteiger partial charge in [0.2, 0.25) is 0 Å². The Hall–Kier alpha value is -1.16. The van der Waals surface area contributed by atoms with Gasteiger partial charge >= 0.3 is 0 Å². The summed E-state index contributed by atoms with van der Waals surface area (Å²) in [5, 5.41) is 2.71. The molecule has 2 rings (SSSR count). The van der Waals surface area contributed by atoms with Gasteiger partial charge in [0.1, 0.15) is 0 Å². The van der Waals surface area contributed by atoms with Crippen molar-refractivity contribution >= 4 is 28.7 Å². The third kappa shape index (κ3) is 4.67. The predicted molar refractivity (Wildman–Crippen MR) is 90.4 cm³/mol. The highest BCUT2D eigenvalue weighted by atomic mass is 35.5. The Morgan fingerprint density at radius 3 is 2.81 bits per heavy atom. The molecule has 0 saturated heterocycles. The average Bonchev–Trinajstić information content (AvgIpc) is 3.00. The van der Waals surface area contributed by atoms with Crippen LogP contribution in [0.25, 0.3) is 0 Å². The van der Waals surface area contributed by atoms with Crippen molar-refractivity contribution in [2.24, 2.45) is 0 Å². The highest BCUT2D eigenvalue weighted by molar-refractivity contribution is 7.12. The number of benzene rings is 1. The quantitative estimate of drug-likeness (QED) is 0.664. The van der Waals surface area contributed by atoms with Crippen LogP contribution in [0.4, 0.5) is 0 Å². The first kappa shape index (κ1) is 16.2. The molecule has 1 atom stereocenters. The van der Waals surface area contributed by atoms with Crippen molar-refractivity contribution in [2.75, 3.05) is 13.6 Å². The van der Waals surface area contributed by atoms with E-state index in [1.807, 2.05) is 35.7 Å². The van der Waals surface area contributed by atoms with Crippen LogP contribution in [0.15, 0.2) is 41.8 Å².